The summed E-state index contributed by atoms with van der Waals surface area (Å²) in [4.78, 5) is 36.2. The van der Waals surface area contributed by atoms with Crippen molar-refractivity contribution in [2.45, 2.75) is 45.6 Å². The van der Waals surface area contributed by atoms with Gasteiger partial charge in [-0.1, -0.05) is 32.9 Å². The molecule has 0 fully saturated rings. The molecule has 0 saturated heterocycles. The van der Waals surface area contributed by atoms with E-state index in [1.807, 2.05) is 12.1 Å². The van der Waals surface area contributed by atoms with Crippen molar-refractivity contribution < 1.29 is 23.5 Å². The van der Waals surface area contributed by atoms with Crippen LogP contribution in [0, 0.1) is 5.82 Å². The Morgan fingerprint density at radius 2 is 1.60 bits per heavy atom. The van der Waals surface area contributed by atoms with E-state index in [9.17, 15) is 18.8 Å². The maximum absolute atomic E-state index is 12.9. The monoisotopic (exact) mass is 414 g/mol. The first kappa shape index (κ1) is 23.1. The van der Waals surface area contributed by atoms with Crippen molar-refractivity contribution in [3.8, 4) is 0 Å². The summed E-state index contributed by atoms with van der Waals surface area (Å²) in [6.07, 6.45) is -1.09. The van der Waals surface area contributed by atoms with Crippen molar-refractivity contribution in [2.75, 3.05) is 11.9 Å². The highest BCUT2D eigenvalue weighted by Crippen LogP contribution is 2.22. The molecule has 2 rings (SSSR count). The van der Waals surface area contributed by atoms with Gasteiger partial charge in [-0.05, 0) is 54.3 Å². The zero-order valence-corrected chi connectivity index (χ0v) is 17.6. The number of hydrogen-bond acceptors (Lipinski definition) is 4. The van der Waals surface area contributed by atoms with E-state index in [0.29, 0.717) is 11.3 Å². The summed E-state index contributed by atoms with van der Waals surface area (Å²) in [7, 11) is 0. The van der Waals surface area contributed by atoms with Crippen LogP contribution in [-0.4, -0.2) is 30.4 Å². The number of benzene rings is 2. The van der Waals surface area contributed by atoms with Crippen molar-refractivity contribution in [2.24, 2.45) is 0 Å². The van der Waals surface area contributed by atoms with Crippen LogP contribution >= 0.6 is 0 Å². The van der Waals surface area contributed by atoms with Crippen molar-refractivity contribution in [1.82, 2.24) is 5.32 Å². The van der Waals surface area contributed by atoms with E-state index in [1.54, 1.807) is 12.1 Å². The molecule has 0 unspecified atom stereocenters. The topological polar surface area (TPSA) is 84.5 Å². The van der Waals surface area contributed by atoms with Crippen LogP contribution in [0.4, 0.5) is 10.1 Å². The van der Waals surface area contributed by atoms with Gasteiger partial charge in [0.2, 0.25) is 0 Å². The van der Waals surface area contributed by atoms with Crippen molar-refractivity contribution in [3.05, 3.63) is 65.5 Å². The molecule has 0 aromatic heterocycles. The average molecular weight is 414 g/mol. The van der Waals surface area contributed by atoms with Gasteiger partial charge in [-0.15, -0.1) is 0 Å². The van der Waals surface area contributed by atoms with Crippen LogP contribution in [0.1, 0.15) is 50.0 Å². The molecule has 0 bridgehead atoms. The molecule has 160 valence electrons. The lowest BCUT2D eigenvalue weighted by Gasteiger charge is -2.19. The molecule has 30 heavy (non-hydrogen) atoms. The molecule has 0 heterocycles. The second kappa shape index (κ2) is 10.0. The van der Waals surface area contributed by atoms with E-state index in [2.05, 4.69) is 31.4 Å². The highest BCUT2D eigenvalue weighted by Gasteiger charge is 2.18. The predicted octanol–water partition coefficient (Wildman–Crippen LogP) is 3.81. The number of esters is 1. The van der Waals surface area contributed by atoms with Crippen LogP contribution in [0.15, 0.2) is 48.5 Å². The SMILES string of the molecule is C[C@@H](OC(=O)CCNC(=O)c1ccc(C(C)(C)C)cc1)C(=O)Nc1ccc(F)cc1. The molecule has 2 aromatic rings. The van der Waals surface area contributed by atoms with Gasteiger partial charge in [0, 0.05) is 17.8 Å². The molecule has 2 N–H and O–H groups in total. The van der Waals surface area contributed by atoms with Gasteiger partial charge in [-0.2, -0.15) is 0 Å². The molecule has 1 atom stereocenters. The Kier molecular flexibility index (Phi) is 7.69. The number of amides is 2. The lowest BCUT2D eigenvalue weighted by molar-refractivity contribution is -0.153. The Hall–Kier alpha value is -3.22. The number of halogens is 1. The highest BCUT2D eigenvalue weighted by molar-refractivity contribution is 5.95. The summed E-state index contributed by atoms with van der Waals surface area (Å²) in [6, 6.07) is 12.6. The first-order valence-electron chi connectivity index (χ1n) is 9.71. The van der Waals surface area contributed by atoms with Gasteiger partial charge in [0.05, 0.1) is 6.42 Å². The van der Waals surface area contributed by atoms with Crippen molar-refractivity contribution >= 4 is 23.5 Å². The molecule has 2 aromatic carbocycles. The minimum atomic E-state index is -1.02. The molecular weight excluding hydrogens is 387 g/mol. The summed E-state index contributed by atoms with van der Waals surface area (Å²) in [5.74, 6) is -1.84. The van der Waals surface area contributed by atoms with E-state index >= 15 is 0 Å². The molecule has 0 aliphatic rings. The van der Waals surface area contributed by atoms with Gasteiger partial charge in [-0.25, -0.2) is 4.39 Å². The summed E-state index contributed by atoms with van der Waals surface area (Å²) in [6.45, 7) is 7.80. The van der Waals surface area contributed by atoms with Crippen LogP contribution in [0.25, 0.3) is 0 Å². The Labute approximate surface area is 175 Å². The maximum atomic E-state index is 12.9. The standard InChI is InChI=1S/C23H27FN2O4/c1-15(21(28)26-19-11-9-18(24)10-12-19)30-20(27)13-14-25-22(29)16-5-7-17(8-6-16)23(2,3)4/h5-12,15H,13-14H2,1-4H3,(H,25,29)(H,26,28)/t15-/m1/s1. The third-order valence-electron chi connectivity index (χ3n) is 4.42. The van der Waals surface area contributed by atoms with Gasteiger partial charge in [0.25, 0.3) is 11.8 Å². The fourth-order valence-electron chi connectivity index (χ4n) is 2.59. The molecule has 0 radical (unpaired) electrons. The lowest BCUT2D eigenvalue weighted by atomic mass is 9.87. The minimum Gasteiger partial charge on any atom is -0.452 e. The Bertz CT molecular complexity index is 887. The first-order valence-corrected chi connectivity index (χ1v) is 9.71. The largest absolute Gasteiger partial charge is 0.452 e. The molecule has 0 aliphatic heterocycles. The first-order chi connectivity index (χ1) is 14.1. The van der Waals surface area contributed by atoms with Crippen molar-refractivity contribution in [1.29, 1.82) is 0 Å². The number of hydrogen-bond donors (Lipinski definition) is 2. The normalized spacial score (nSPS) is 12.0. The zero-order chi connectivity index (χ0) is 22.3. The van der Waals surface area contributed by atoms with E-state index in [1.165, 1.54) is 31.2 Å². The van der Waals surface area contributed by atoms with E-state index in [0.717, 1.165) is 5.56 Å². The average Bonchev–Trinajstić information content (AvgIpc) is 2.69. The summed E-state index contributed by atoms with van der Waals surface area (Å²) in [5.41, 5.74) is 2.02. The van der Waals surface area contributed by atoms with Crippen molar-refractivity contribution in [3.63, 3.8) is 0 Å². The van der Waals surface area contributed by atoms with Crippen LogP contribution in [-0.2, 0) is 19.7 Å². The summed E-state index contributed by atoms with van der Waals surface area (Å²) < 4.78 is 18.0. The molecule has 6 nitrogen and oxygen atoms in total. The Morgan fingerprint density at radius 1 is 1.00 bits per heavy atom. The van der Waals surface area contributed by atoms with E-state index in [-0.39, 0.29) is 24.3 Å². The number of rotatable bonds is 7. The maximum Gasteiger partial charge on any atom is 0.308 e. The number of carbonyl (C=O) groups excluding carboxylic acids is 3. The highest BCUT2D eigenvalue weighted by atomic mass is 19.1. The fraction of sp³-hybridized carbons (Fsp3) is 0.348. The molecular formula is C23H27FN2O4. The number of carbonyl (C=O) groups is 3. The van der Waals surface area contributed by atoms with Gasteiger partial charge < -0.3 is 15.4 Å². The Balaban J connectivity index is 1.75. The predicted molar refractivity (Wildman–Crippen MR) is 113 cm³/mol. The lowest BCUT2D eigenvalue weighted by Crippen LogP contribution is -2.32. The van der Waals surface area contributed by atoms with Crippen LogP contribution in [0.3, 0.4) is 0 Å². The fourth-order valence-corrected chi connectivity index (χ4v) is 2.59. The Morgan fingerprint density at radius 3 is 2.17 bits per heavy atom. The third kappa shape index (κ3) is 6.99. The summed E-state index contributed by atoms with van der Waals surface area (Å²) >= 11 is 0. The van der Waals surface area contributed by atoms with Crippen LogP contribution < -0.4 is 10.6 Å². The number of nitrogens with one attached hydrogen (secondary N) is 2. The van der Waals surface area contributed by atoms with Gasteiger partial charge in [0.15, 0.2) is 6.10 Å². The zero-order valence-electron chi connectivity index (χ0n) is 17.6. The quantitative estimate of drug-likeness (QED) is 0.675. The third-order valence-corrected chi connectivity index (χ3v) is 4.42. The van der Waals surface area contributed by atoms with E-state index in [4.69, 9.17) is 4.74 Å². The summed E-state index contributed by atoms with van der Waals surface area (Å²) in [5, 5.41) is 5.19. The van der Waals surface area contributed by atoms with Gasteiger partial charge >= 0.3 is 5.97 Å². The molecule has 0 saturated carbocycles. The number of anilines is 1. The second-order valence-corrected chi connectivity index (χ2v) is 7.96. The molecule has 7 heteroatoms. The molecule has 2 amide bonds. The van der Waals surface area contributed by atoms with Gasteiger partial charge in [0.1, 0.15) is 5.82 Å². The molecule has 0 spiro atoms. The second-order valence-electron chi connectivity index (χ2n) is 7.96. The van der Waals surface area contributed by atoms with E-state index < -0.39 is 23.8 Å². The molecule has 0 aliphatic carbocycles. The van der Waals surface area contributed by atoms with Crippen LogP contribution in [0.5, 0.6) is 0 Å². The van der Waals surface area contributed by atoms with Gasteiger partial charge in [-0.3, -0.25) is 14.4 Å². The number of ether oxygens (including phenoxy) is 1. The smallest absolute Gasteiger partial charge is 0.308 e. The van der Waals surface area contributed by atoms with Crippen LogP contribution in [0.2, 0.25) is 0 Å². The minimum absolute atomic E-state index is 0.00154.